The topological polar surface area (TPSA) is 49.3 Å². The van der Waals surface area contributed by atoms with Crippen LogP contribution in [-0.2, 0) is 10.8 Å². The summed E-state index contributed by atoms with van der Waals surface area (Å²) in [6.45, 7) is 3.14. The van der Waals surface area contributed by atoms with E-state index in [1.165, 1.54) is 24.8 Å². The molecule has 1 aliphatic carbocycles. The second kappa shape index (κ2) is 8.80. The molecule has 3 nitrogen and oxygen atoms in total. The fraction of sp³-hybridized carbons (Fsp3) is 0.667. The minimum Gasteiger partial charge on any atom is -0.393 e. The standard InChI is InChI=1S/C18H29NO2S/c1-14(15-9-11-17(12-10-15)22(2)21)19-13-5-7-16-6-3-4-8-18(16)20/h9-12,14,16,18-20H,3-8,13H2,1-2H3. The number of benzene rings is 1. The summed E-state index contributed by atoms with van der Waals surface area (Å²) in [5, 5.41) is 13.5. The molecule has 1 aliphatic rings. The monoisotopic (exact) mass is 323 g/mol. The van der Waals surface area contributed by atoms with Crippen molar-refractivity contribution in [2.75, 3.05) is 12.8 Å². The highest BCUT2D eigenvalue weighted by Crippen LogP contribution is 2.27. The fourth-order valence-corrected chi connectivity index (χ4v) is 3.79. The third-order valence-corrected chi connectivity index (χ3v) is 5.72. The van der Waals surface area contributed by atoms with Gasteiger partial charge in [0, 0.05) is 28.0 Å². The van der Waals surface area contributed by atoms with Gasteiger partial charge >= 0.3 is 0 Å². The van der Waals surface area contributed by atoms with Gasteiger partial charge in [0.1, 0.15) is 0 Å². The largest absolute Gasteiger partial charge is 0.393 e. The highest BCUT2D eigenvalue weighted by Gasteiger charge is 2.22. The van der Waals surface area contributed by atoms with Crippen LogP contribution in [0.5, 0.6) is 0 Å². The van der Waals surface area contributed by atoms with Crippen LogP contribution in [0.15, 0.2) is 29.2 Å². The molecule has 1 aromatic rings. The van der Waals surface area contributed by atoms with Gasteiger partial charge in [0.25, 0.3) is 0 Å². The zero-order valence-corrected chi connectivity index (χ0v) is 14.6. The van der Waals surface area contributed by atoms with Gasteiger partial charge in [0.2, 0.25) is 0 Å². The first-order valence-electron chi connectivity index (χ1n) is 8.42. The molecular weight excluding hydrogens is 294 g/mol. The third kappa shape index (κ3) is 5.18. The van der Waals surface area contributed by atoms with Crippen molar-refractivity contribution in [2.24, 2.45) is 5.92 Å². The number of rotatable bonds is 7. The van der Waals surface area contributed by atoms with Crippen LogP contribution < -0.4 is 5.32 Å². The molecule has 4 heteroatoms. The van der Waals surface area contributed by atoms with Crippen molar-refractivity contribution in [1.82, 2.24) is 5.32 Å². The van der Waals surface area contributed by atoms with Gasteiger partial charge in [-0.25, -0.2) is 0 Å². The van der Waals surface area contributed by atoms with Gasteiger partial charge < -0.3 is 10.4 Å². The van der Waals surface area contributed by atoms with Crippen molar-refractivity contribution >= 4 is 10.8 Å². The Morgan fingerprint density at radius 2 is 1.95 bits per heavy atom. The molecule has 0 bridgehead atoms. The van der Waals surface area contributed by atoms with E-state index in [9.17, 15) is 9.32 Å². The summed E-state index contributed by atoms with van der Waals surface area (Å²) < 4.78 is 11.4. The Kier molecular flexibility index (Phi) is 7.06. The average molecular weight is 324 g/mol. The van der Waals surface area contributed by atoms with E-state index in [1.807, 2.05) is 12.1 Å². The van der Waals surface area contributed by atoms with E-state index in [2.05, 4.69) is 24.4 Å². The summed E-state index contributed by atoms with van der Waals surface area (Å²) in [6, 6.07) is 8.30. The van der Waals surface area contributed by atoms with Crippen LogP contribution in [0, 0.1) is 5.92 Å². The minimum absolute atomic E-state index is 0.0753. The molecule has 1 saturated carbocycles. The highest BCUT2D eigenvalue weighted by molar-refractivity contribution is 7.84. The van der Waals surface area contributed by atoms with Gasteiger partial charge in [-0.1, -0.05) is 25.0 Å². The summed E-state index contributed by atoms with van der Waals surface area (Å²) in [5.41, 5.74) is 1.23. The average Bonchev–Trinajstić information content (AvgIpc) is 2.53. The number of aliphatic hydroxyl groups excluding tert-OH is 1. The smallest absolute Gasteiger partial charge is 0.0568 e. The molecule has 4 atom stereocenters. The number of aliphatic hydroxyl groups is 1. The maximum Gasteiger partial charge on any atom is 0.0568 e. The van der Waals surface area contributed by atoms with Gasteiger partial charge in [-0.3, -0.25) is 4.21 Å². The molecule has 0 spiro atoms. The Morgan fingerprint density at radius 1 is 1.27 bits per heavy atom. The van der Waals surface area contributed by atoms with Gasteiger partial charge in [-0.15, -0.1) is 0 Å². The summed E-state index contributed by atoms with van der Waals surface area (Å²) in [7, 11) is -0.908. The van der Waals surface area contributed by atoms with Gasteiger partial charge in [-0.2, -0.15) is 0 Å². The van der Waals surface area contributed by atoms with Gasteiger partial charge in [-0.05, 0) is 62.8 Å². The normalized spacial score (nSPS) is 24.9. The number of nitrogens with one attached hydrogen (secondary N) is 1. The van der Waals surface area contributed by atoms with E-state index < -0.39 is 10.8 Å². The van der Waals surface area contributed by atoms with Crippen LogP contribution in [0.25, 0.3) is 0 Å². The molecule has 0 aromatic heterocycles. The Bertz CT molecular complexity index is 474. The van der Waals surface area contributed by atoms with Crippen LogP contribution in [0.1, 0.15) is 57.1 Å². The second-order valence-corrected chi connectivity index (χ2v) is 7.83. The fourth-order valence-electron chi connectivity index (χ4n) is 3.27. The maximum atomic E-state index is 11.4. The van der Waals surface area contributed by atoms with Gasteiger partial charge in [0.15, 0.2) is 0 Å². The molecule has 0 saturated heterocycles. The lowest BCUT2D eigenvalue weighted by atomic mass is 9.83. The first-order valence-corrected chi connectivity index (χ1v) is 9.98. The van der Waals surface area contributed by atoms with E-state index >= 15 is 0 Å². The van der Waals surface area contributed by atoms with E-state index in [4.69, 9.17) is 0 Å². The van der Waals surface area contributed by atoms with E-state index in [0.717, 1.165) is 30.7 Å². The third-order valence-electron chi connectivity index (χ3n) is 4.78. The predicted octanol–water partition coefficient (Wildman–Crippen LogP) is 3.41. The first-order chi connectivity index (χ1) is 10.6. The summed E-state index contributed by atoms with van der Waals surface area (Å²) in [5.74, 6) is 0.504. The summed E-state index contributed by atoms with van der Waals surface area (Å²) in [6.07, 6.45) is 8.50. The molecule has 0 aliphatic heterocycles. The van der Waals surface area contributed by atoms with Crippen molar-refractivity contribution < 1.29 is 9.32 Å². The molecule has 1 fully saturated rings. The Labute approximate surface area is 137 Å². The van der Waals surface area contributed by atoms with Crippen LogP contribution in [0.3, 0.4) is 0 Å². The van der Waals surface area contributed by atoms with Crippen LogP contribution in [-0.4, -0.2) is 28.2 Å². The van der Waals surface area contributed by atoms with E-state index in [-0.39, 0.29) is 6.10 Å². The lowest BCUT2D eigenvalue weighted by Crippen LogP contribution is -2.26. The van der Waals surface area contributed by atoms with Crippen molar-refractivity contribution in [3.8, 4) is 0 Å². The zero-order chi connectivity index (χ0) is 15.9. The van der Waals surface area contributed by atoms with Crippen LogP contribution >= 0.6 is 0 Å². The zero-order valence-electron chi connectivity index (χ0n) is 13.8. The van der Waals surface area contributed by atoms with Crippen molar-refractivity contribution in [3.05, 3.63) is 29.8 Å². The molecule has 2 N–H and O–H groups in total. The summed E-state index contributed by atoms with van der Waals surface area (Å²) in [4.78, 5) is 0.877. The predicted molar refractivity (Wildman–Crippen MR) is 92.4 cm³/mol. The molecular formula is C18H29NO2S. The van der Waals surface area contributed by atoms with E-state index in [0.29, 0.717) is 12.0 Å². The molecule has 0 amide bonds. The molecule has 1 aromatic carbocycles. The Hall–Kier alpha value is -0.710. The Morgan fingerprint density at radius 3 is 2.59 bits per heavy atom. The van der Waals surface area contributed by atoms with Gasteiger partial charge in [0.05, 0.1) is 6.10 Å². The Balaban J connectivity index is 1.70. The number of hydrogen-bond acceptors (Lipinski definition) is 3. The van der Waals surface area contributed by atoms with E-state index in [1.54, 1.807) is 6.26 Å². The van der Waals surface area contributed by atoms with Crippen molar-refractivity contribution in [2.45, 2.75) is 62.5 Å². The number of hydrogen-bond donors (Lipinski definition) is 2. The maximum absolute atomic E-state index is 11.4. The molecule has 2 rings (SSSR count). The molecule has 124 valence electrons. The first kappa shape index (κ1) is 17.6. The highest BCUT2D eigenvalue weighted by atomic mass is 32.2. The molecule has 4 unspecified atom stereocenters. The summed E-state index contributed by atoms with van der Waals surface area (Å²) >= 11 is 0. The second-order valence-electron chi connectivity index (χ2n) is 6.45. The quantitative estimate of drug-likeness (QED) is 0.756. The van der Waals surface area contributed by atoms with Crippen LogP contribution in [0.2, 0.25) is 0 Å². The molecule has 0 radical (unpaired) electrons. The van der Waals surface area contributed by atoms with Crippen molar-refractivity contribution in [1.29, 1.82) is 0 Å². The minimum atomic E-state index is -0.908. The lowest BCUT2D eigenvalue weighted by molar-refractivity contribution is 0.0642. The molecule has 22 heavy (non-hydrogen) atoms. The molecule has 0 heterocycles. The lowest BCUT2D eigenvalue weighted by Gasteiger charge is -2.27. The van der Waals surface area contributed by atoms with Crippen LogP contribution in [0.4, 0.5) is 0 Å². The SMILES string of the molecule is CC(NCCCC1CCCCC1O)c1ccc(S(C)=O)cc1. The van der Waals surface area contributed by atoms with Crippen molar-refractivity contribution in [3.63, 3.8) is 0 Å².